The Bertz CT molecular complexity index is 548. The monoisotopic (exact) mass is 328 g/mol. The van der Waals surface area contributed by atoms with Gasteiger partial charge in [0.25, 0.3) is 0 Å². The van der Waals surface area contributed by atoms with Gasteiger partial charge in [-0.15, -0.1) is 11.3 Å². The zero-order valence-corrected chi connectivity index (χ0v) is 12.8. The third-order valence-corrected chi connectivity index (χ3v) is 4.85. The summed E-state index contributed by atoms with van der Waals surface area (Å²) in [5.74, 6) is -0.248. The van der Waals surface area contributed by atoms with Gasteiger partial charge in [-0.05, 0) is 49.0 Å². The highest BCUT2D eigenvalue weighted by Crippen LogP contribution is 2.36. The summed E-state index contributed by atoms with van der Waals surface area (Å²) in [5.41, 5.74) is 1.49. The van der Waals surface area contributed by atoms with Gasteiger partial charge in [0.05, 0.1) is 11.3 Å². The van der Waals surface area contributed by atoms with Crippen LogP contribution in [0.25, 0.3) is 10.6 Å². The lowest BCUT2D eigenvalue weighted by atomic mass is 10.2. The number of aromatic nitrogens is 1. The highest BCUT2D eigenvalue weighted by atomic mass is 79.9. The molecule has 0 aliphatic carbocycles. The lowest BCUT2D eigenvalue weighted by Crippen LogP contribution is -2.11. The van der Waals surface area contributed by atoms with E-state index >= 15 is 0 Å². The van der Waals surface area contributed by atoms with Gasteiger partial charge in [0, 0.05) is 15.4 Å². The van der Waals surface area contributed by atoms with Crippen LogP contribution in [0.1, 0.15) is 23.5 Å². The van der Waals surface area contributed by atoms with Crippen LogP contribution >= 0.6 is 27.3 Å². The number of hydrogen-bond acceptors (Lipinski definition) is 3. The summed E-state index contributed by atoms with van der Waals surface area (Å²) in [4.78, 5) is 5.62. The van der Waals surface area contributed by atoms with E-state index in [-0.39, 0.29) is 11.9 Å². The lowest BCUT2D eigenvalue weighted by Gasteiger charge is -2.07. The zero-order valence-electron chi connectivity index (χ0n) is 10.4. The van der Waals surface area contributed by atoms with E-state index in [1.54, 1.807) is 6.07 Å². The molecule has 1 unspecified atom stereocenters. The Morgan fingerprint density at radius 1 is 1.44 bits per heavy atom. The average Bonchev–Trinajstić information content (AvgIpc) is 2.70. The van der Waals surface area contributed by atoms with Crippen molar-refractivity contribution in [1.29, 1.82) is 0 Å². The SMILES string of the molecule is CNC(C)c1sc(-c2c(F)cccc2Br)nc1C. The first kappa shape index (κ1) is 13.6. The van der Waals surface area contributed by atoms with Crippen LogP contribution in [0, 0.1) is 12.7 Å². The summed E-state index contributed by atoms with van der Waals surface area (Å²) < 4.78 is 14.6. The minimum atomic E-state index is -0.248. The van der Waals surface area contributed by atoms with Crippen molar-refractivity contribution in [2.75, 3.05) is 7.05 Å². The van der Waals surface area contributed by atoms with Crippen molar-refractivity contribution in [1.82, 2.24) is 10.3 Å². The summed E-state index contributed by atoms with van der Waals surface area (Å²) in [6.07, 6.45) is 0. The van der Waals surface area contributed by atoms with Crippen molar-refractivity contribution in [3.05, 3.63) is 39.1 Å². The molecule has 1 atom stereocenters. The Hall–Kier alpha value is -0.780. The maximum absolute atomic E-state index is 13.9. The van der Waals surface area contributed by atoms with Crippen molar-refractivity contribution in [2.24, 2.45) is 0 Å². The molecule has 1 N–H and O–H groups in total. The second kappa shape index (κ2) is 5.47. The van der Waals surface area contributed by atoms with Gasteiger partial charge in [0.2, 0.25) is 0 Å². The third-order valence-electron chi connectivity index (χ3n) is 2.84. The molecule has 0 aliphatic rings. The summed E-state index contributed by atoms with van der Waals surface area (Å²) in [5, 5.41) is 3.90. The maximum atomic E-state index is 13.9. The summed E-state index contributed by atoms with van der Waals surface area (Å²) in [6, 6.07) is 5.19. The van der Waals surface area contributed by atoms with Crippen LogP contribution in [-0.2, 0) is 0 Å². The second-order valence-corrected chi connectivity index (χ2v) is 5.96. The van der Waals surface area contributed by atoms with E-state index < -0.39 is 0 Å². The first-order valence-electron chi connectivity index (χ1n) is 5.63. The number of halogens is 2. The van der Waals surface area contributed by atoms with Crippen LogP contribution in [0.15, 0.2) is 22.7 Å². The van der Waals surface area contributed by atoms with Crippen LogP contribution in [0.2, 0.25) is 0 Å². The number of benzene rings is 1. The Morgan fingerprint density at radius 3 is 2.78 bits per heavy atom. The predicted molar refractivity (Wildman–Crippen MR) is 77.4 cm³/mol. The molecule has 0 radical (unpaired) electrons. The fraction of sp³-hybridized carbons (Fsp3) is 0.308. The molecule has 5 heteroatoms. The van der Waals surface area contributed by atoms with E-state index in [9.17, 15) is 4.39 Å². The quantitative estimate of drug-likeness (QED) is 0.908. The normalized spacial score (nSPS) is 12.7. The predicted octanol–water partition coefficient (Wildman–Crippen LogP) is 4.30. The van der Waals surface area contributed by atoms with Crippen LogP contribution in [0.3, 0.4) is 0 Å². The Morgan fingerprint density at radius 2 is 2.17 bits per heavy atom. The first-order valence-corrected chi connectivity index (χ1v) is 7.24. The molecule has 2 aromatic rings. The van der Waals surface area contributed by atoms with Gasteiger partial charge in [-0.25, -0.2) is 9.37 Å². The minimum Gasteiger partial charge on any atom is -0.312 e. The molecule has 0 saturated heterocycles. The number of aryl methyl sites for hydroxylation is 1. The van der Waals surface area contributed by atoms with Gasteiger partial charge < -0.3 is 5.32 Å². The van der Waals surface area contributed by atoms with Crippen molar-refractivity contribution in [3.63, 3.8) is 0 Å². The van der Waals surface area contributed by atoms with Crippen molar-refractivity contribution < 1.29 is 4.39 Å². The Balaban J connectivity index is 2.53. The van der Waals surface area contributed by atoms with E-state index in [0.29, 0.717) is 5.56 Å². The molecule has 0 saturated carbocycles. The fourth-order valence-corrected chi connectivity index (χ4v) is 3.60. The van der Waals surface area contributed by atoms with Crippen LogP contribution in [0.4, 0.5) is 4.39 Å². The van der Waals surface area contributed by atoms with Crippen molar-refractivity contribution in [3.8, 4) is 10.6 Å². The third kappa shape index (κ3) is 2.48. The first-order chi connectivity index (χ1) is 8.54. The Kier molecular flexibility index (Phi) is 4.14. The topological polar surface area (TPSA) is 24.9 Å². The van der Waals surface area contributed by atoms with E-state index in [1.807, 2.05) is 20.0 Å². The molecule has 0 spiro atoms. The average molecular weight is 329 g/mol. The van der Waals surface area contributed by atoms with E-state index in [0.717, 1.165) is 20.1 Å². The highest BCUT2D eigenvalue weighted by Gasteiger charge is 2.17. The van der Waals surface area contributed by atoms with Gasteiger partial charge in [0.15, 0.2) is 0 Å². The Labute approximate surface area is 118 Å². The number of rotatable bonds is 3. The van der Waals surface area contributed by atoms with Crippen LogP contribution < -0.4 is 5.32 Å². The molecule has 0 aliphatic heterocycles. The summed E-state index contributed by atoms with van der Waals surface area (Å²) in [7, 11) is 1.91. The standard InChI is InChI=1S/C13H14BrFN2S/c1-7(16-3)12-8(2)17-13(18-12)11-9(14)5-4-6-10(11)15/h4-7,16H,1-3H3. The molecule has 18 heavy (non-hydrogen) atoms. The lowest BCUT2D eigenvalue weighted by molar-refractivity contribution is 0.630. The van der Waals surface area contributed by atoms with Gasteiger partial charge in [-0.3, -0.25) is 0 Å². The van der Waals surface area contributed by atoms with Gasteiger partial charge >= 0.3 is 0 Å². The molecule has 0 amide bonds. The fourth-order valence-electron chi connectivity index (χ4n) is 1.75. The van der Waals surface area contributed by atoms with E-state index in [1.165, 1.54) is 17.4 Å². The molecule has 1 heterocycles. The minimum absolute atomic E-state index is 0.224. The van der Waals surface area contributed by atoms with Gasteiger partial charge in [-0.1, -0.05) is 6.07 Å². The van der Waals surface area contributed by atoms with Gasteiger partial charge in [0.1, 0.15) is 10.8 Å². The largest absolute Gasteiger partial charge is 0.312 e. The molecule has 1 aromatic carbocycles. The molecule has 0 fully saturated rings. The molecule has 2 nitrogen and oxygen atoms in total. The maximum Gasteiger partial charge on any atom is 0.134 e. The van der Waals surface area contributed by atoms with E-state index in [4.69, 9.17) is 0 Å². The second-order valence-electron chi connectivity index (χ2n) is 4.08. The number of thiazole rings is 1. The summed E-state index contributed by atoms with van der Waals surface area (Å²) in [6.45, 7) is 4.03. The highest BCUT2D eigenvalue weighted by molar-refractivity contribution is 9.10. The van der Waals surface area contributed by atoms with Crippen molar-refractivity contribution >= 4 is 27.3 Å². The van der Waals surface area contributed by atoms with Crippen molar-refractivity contribution in [2.45, 2.75) is 19.9 Å². The van der Waals surface area contributed by atoms with Crippen LogP contribution in [0.5, 0.6) is 0 Å². The molecular formula is C13H14BrFN2S. The van der Waals surface area contributed by atoms with Gasteiger partial charge in [-0.2, -0.15) is 0 Å². The number of nitrogens with one attached hydrogen (secondary N) is 1. The molecule has 96 valence electrons. The molecule has 2 rings (SSSR count). The van der Waals surface area contributed by atoms with Crippen LogP contribution in [-0.4, -0.2) is 12.0 Å². The van der Waals surface area contributed by atoms with E-state index in [2.05, 4.69) is 33.2 Å². The molecular weight excluding hydrogens is 315 g/mol. The number of nitrogens with zero attached hydrogens (tertiary/aromatic N) is 1. The molecule has 1 aromatic heterocycles. The summed E-state index contributed by atoms with van der Waals surface area (Å²) >= 11 is 4.91. The zero-order chi connectivity index (χ0) is 13.3. The number of hydrogen-bond donors (Lipinski definition) is 1. The smallest absolute Gasteiger partial charge is 0.134 e. The molecule has 0 bridgehead atoms.